The average Bonchev–Trinajstić information content (AvgIpc) is 2.23. The van der Waals surface area contributed by atoms with E-state index in [-0.39, 0.29) is 22.7 Å². The lowest BCUT2D eigenvalue weighted by molar-refractivity contribution is -0.129. The summed E-state index contributed by atoms with van der Waals surface area (Å²) in [6.07, 6.45) is -0.125. The molecular formula is C12H14BrF2NO. The molecule has 0 saturated carbocycles. The maximum absolute atomic E-state index is 13.3. The summed E-state index contributed by atoms with van der Waals surface area (Å²) >= 11 is 3.33. The third-order valence-electron chi connectivity index (χ3n) is 2.32. The number of likely N-dealkylation sites (N-methyl/N-ethyl adjacent to an activating group) is 1. The number of nitrogens with zero attached hydrogens (tertiary/aromatic N) is 1. The first kappa shape index (κ1) is 14.1. The highest BCUT2D eigenvalue weighted by Gasteiger charge is 2.15. The van der Waals surface area contributed by atoms with Crippen molar-refractivity contribution in [2.45, 2.75) is 18.2 Å². The molecule has 2 nitrogen and oxygen atoms in total. The molecule has 1 rings (SSSR count). The fourth-order valence-electron chi connectivity index (χ4n) is 1.46. The predicted molar refractivity (Wildman–Crippen MR) is 66.1 cm³/mol. The van der Waals surface area contributed by atoms with Crippen molar-refractivity contribution in [3.8, 4) is 0 Å². The maximum Gasteiger partial charge on any atom is 0.226 e. The molecule has 0 N–H and O–H groups in total. The molecule has 0 fully saturated rings. The lowest BCUT2D eigenvalue weighted by Gasteiger charge is -2.18. The quantitative estimate of drug-likeness (QED) is 0.783. The van der Waals surface area contributed by atoms with Crippen molar-refractivity contribution in [2.24, 2.45) is 0 Å². The van der Waals surface area contributed by atoms with Gasteiger partial charge < -0.3 is 4.90 Å². The molecule has 1 amide bonds. The van der Waals surface area contributed by atoms with Gasteiger partial charge in [0.05, 0.1) is 6.42 Å². The summed E-state index contributed by atoms with van der Waals surface area (Å²) in [6, 6.07) is 3.85. The molecule has 17 heavy (non-hydrogen) atoms. The van der Waals surface area contributed by atoms with E-state index in [1.165, 1.54) is 17.0 Å². The van der Waals surface area contributed by atoms with Gasteiger partial charge in [-0.3, -0.25) is 4.79 Å². The highest BCUT2D eigenvalue weighted by atomic mass is 79.9. The van der Waals surface area contributed by atoms with Gasteiger partial charge in [-0.05, 0) is 6.07 Å². The third kappa shape index (κ3) is 4.07. The first-order chi connectivity index (χ1) is 7.91. The van der Waals surface area contributed by atoms with Crippen LogP contribution in [0.3, 0.4) is 0 Å². The minimum atomic E-state index is -0.943. The Morgan fingerprint density at radius 1 is 1.47 bits per heavy atom. The van der Waals surface area contributed by atoms with Crippen LogP contribution in [0.5, 0.6) is 0 Å². The first-order valence-electron chi connectivity index (χ1n) is 5.22. The van der Waals surface area contributed by atoms with E-state index in [4.69, 9.17) is 0 Å². The van der Waals surface area contributed by atoms with E-state index in [0.717, 1.165) is 6.07 Å². The maximum atomic E-state index is 13.3. The van der Waals surface area contributed by atoms with Crippen LogP contribution in [0.4, 0.5) is 8.78 Å². The van der Waals surface area contributed by atoms with Gasteiger partial charge in [-0.15, -0.1) is 0 Å². The predicted octanol–water partition coefficient (Wildman–Crippen LogP) is 2.75. The Hall–Kier alpha value is -0.970. The van der Waals surface area contributed by atoms with Crippen LogP contribution in [0.25, 0.3) is 0 Å². The number of hydrogen-bond donors (Lipinski definition) is 0. The number of alkyl halides is 1. The topological polar surface area (TPSA) is 20.3 Å². The van der Waals surface area contributed by atoms with Crippen molar-refractivity contribution in [1.82, 2.24) is 4.90 Å². The fourth-order valence-corrected chi connectivity index (χ4v) is 1.90. The minimum absolute atomic E-state index is 0.0871. The second-order valence-electron chi connectivity index (χ2n) is 3.94. The second-order valence-corrected chi connectivity index (χ2v) is 5.51. The zero-order valence-corrected chi connectivity index (χ0v) is 11.3. The van der Waals surface area contributed by atoms with Gasteiger partial charge in [0.15, 0.2) is 11.6 Å². The summed E-state index contributed by atoms with van der Waals surface area (Å²) in [7, 11) is 1.64. The van der Waals surface area contributed by atoms with E-state index in [1.807, 2.05) is 6.92 Å². The smallest absolute Gasteiger partial charge is 0.226 e. The minimum Gasteiger partial charge on any atom is -0.344 e. The highest BCUT2D eigenvalue weighted by molar-refractivity contribution is 9.09. The van der Waals surface area contributed by atoms with Crippen LogP contribution in [-0.4, -0.2) is 29.2 Å². The van der Waals surface area contributed by atoms with Gasteiger partial charge in [0.1, 0.15) is 0 Å². The first-order valence-corrected chi connectivity index (χ1v) is 6.14. The van der Waals surface area contributed by atoms with Crippen LogP contribution in [0.15, 0.2) is 18.2 Å². The largest absolute Gasteiger partial charge is 0.344 e. The van der Waals surface area contributed by atoms with Crippen LogP contribution in [0, 0.1) is 11.6 Å². The molecule has 0 aliphatic heterocycles. The van der Waals surface area contributed by atoms with E-state index >= 15 is 0 Å². The normalized spacial score (nSPS) is 12.3. The van der Waals surface area contributed by atoms with Gasteiger partial charge in [-0.25, -0.2) is 8.78 Å². The zero-order valence-electron chi connectivity index (χ0n) is 9.71. The average molecular weight is 306 g/mol. The SMILES string of the molecule is CC(Br)CN(C)C(=O)Cc1cccc(F)c1F. The highest BCUT2D eigenvalue weighted by Crippen LogP contribution is 2.13. The number of rotatable bonds is 4. The Labute approximate surface area is 108 Å². The molecule has 0 heterocycles. The van der Waals surface area contributed by atoms with Crippen molar-refractivity contribution < 1.29 is 13.6 Å². The van der Waals surface area contributed by atoms with E-state index in [2.05, 4.69) is 15.9 Å². The number of hydrogen-bond acceptors (Lipinski definition) is 1. The lowest BCUT2D eigenvalue weighted by atomic mass is 10.1. The summed E-state index contributed by atoms with van der Waals surface area (Å²) in [6.45, 7) is 2.43. The summed E-state index contributed by atoms with van der Waals surface area (Å²) in [5.74, 6) is -2.10. The summed E-state index contributed by atoms with van der Waals surface area (Å²) in [4.78, 5) is 13.4. The Morgan fingerprint density at radius 2 is 2.12 bits per heavy atom. The standard InChI is InChI=1S/C12H14BrF2NO/c1-8(13)7-16(2)11(17)6-9-4-3-5-10(14)12(9)15/h3-5,8H,6-7H2,1-2H3. The molecule has 1 aromatic rings. The van der Waals surface area contributed by atoms with Crippen molar-refractivity contribution >= 4 is 21.8 Å². The van der Waals surface area contributed by atoms with Crippen molar-refractivity contribution in [2.75, 3.05) is 13.6 Å². The molecule has 0 aliphatic carbocycles. The number of amides is 1. The monoisotopic (exact) mass is 305 g/mol. The summed E-state index contributed by atoms with van der Waals surface area (Å²) in [5, 5.41) is 0. The fraction of sp³-hybridized carbons (Fsp3) is 0.417. The molecule has 0 aliphatic rings. The number of carbonyl (C=O) groups is 1. The summed E-state index contributed by atoms with van der Waals surface area (Å²) in [5.41, 5.74) is 0.0871. The molecule has 0 bridgehead atoms. The molecule has 5 heteroatoms. The van der Waals surface area contributed by atoms with Crippen molar-refractivity contribution in [1.29, 1.82) is 0 Å². The van der Waals surface area contributed by atoms with E-state index in [0.29, 0.717) is 6.54 Å². The van der Waals surface area contributed by atoms with E-state index < -0.39 is 11.6 Å². The Kier molecular flexibility index (Phi) is 5.05. The number of carbonyl (C=O) groups excluding carboxylic acids is 1. The van der Waals surface area contributed by atoms with Gasteiger partial charge in [0, 0.05) is 24.0 Å². The zero-order chi connectivity index (χ0) is 13.0. The number of benzene rings is 1. The van der Waals surface area contributed by atoms with Gasteiger partial charge in [-0.2, -0.15) is 0 Å². The Balaban J connectivity index is 2.71. The molecule has 0 saturated heterocycles. The number of halogens is 3. The lowest BCUT2D eigenvalue weighted by Crippen LogP contribution is -2.32. The van der Waals surface area contributed by atoms with E-state index in [9.17, 15) is 13.6 Å². The van der Waals surface area contributed by atoms with Gasteiger partial charge in [0.25, 0.3) is 0 Å². The van der Waals surface area contributed by atoms with E-state index in [1.54, 1.807) is 7.05 Å². The molecular weight excluding hydrogens is 292 g/mol. The van der Waals surface area contributed by atoms with Crippen LogP contribution < -0.4 is 0 Å². The van der Waals surface area contributed by atoms with Crippen molar-refractivity contribution in [3.05, 3.63) is 35.4 Å². The van der Waals surface area contributed by atoms with Crippen LogP contribution in [0.1, 0.15) is 12.5 Å². The van der Waals surface area contributed by atoms with Gasteiger partial charge in [0.2, 0.25) is 5.91 Å². The van der Waals surface area contributed by atoms with Crippen LogP contribution in [0.2, 0.25) is 0 Å². The van der Waals surface area contributed by atoms with Gasteiger partial charge in [-0.1, -0.05) is 35.0 Å². The molecule has 1 aromatic carbocycles. The van der Waals surface area contributed by atoms with Crippen molar-refractivity contribution in [3.63, 3.8) is 0 Å². The molecule has 94 valence electrons. The Bertz CT molecular complexity index is 409. The molecule has 0 aromatic heterocycles. The molecule has 0 radical (unpaired) electrons. The summed E-state index contributed by atoms with van der Waals surface area (Å²) < 4.78 is 26.3. The molecule has 1 unspecified atom stereocenters. The van der Waals surface area contributed by atoms with Gasteiger partial charge >= 0.3 is 0 Å². The third-order valence-corrected chi connectivity index (χ3v) is 2.61. The van der Waals surface area contributed by atoms with Crippen LogP contribution in [-0.2, 0) is 11.2 Å². The molecule has 0 spiro atoms. The molecule has 1 atom stereocenters. The van der Waals surface area contributed by atoms with Crippen LogP contribution >= 0.6 is 15.9 Å². The second kappa shape index (κ2) is 6.10. The Morgan fingerprint density at radius 3 is 2.71 bits per heavy atom.